The molecule has 0 saturated carbocycles. The molecule has 1 aromatic heterocycles. The van der Waals surface area contributed by atoms with Gasteiger partial charge in [0.15, 0.2) is 0 Å². The quantitative estimate of drug-likeness (QED) is 0.789. The average Bonchev–Trinajstić information content (AvgIpc) is 2.88. The third-order valence-electron chi connectivity index (χ3n) is 4.39. The lowest BCUT2D eigenvalue weighted by molar-refractivity contribution is -0.132. The first kappa shape index (κ1) is 17.9. The number of hydrogen-bond donors (Lipinski definition) is 2. The summed E-state index contributed by atoms with van der Waals surface area (Å²) in [7, 11) is 0. The highest BCUT2D eigenvalue weighted by Gasteiger charge is 2.17. The molecule has 1 fully saturated rings. The van der Waals surface area contributed by atoms with Gasteiger partial charge in [0.2, 0.25) is 17.8 Å². The molecule has 0 atom stereocenters. The fourth-order valence-corrected chi connectivity index (χ4v) is 2.98. The monoisotopic (exact) mass is 356 g/mol. The molecule has 0 spiro atoms. The Bertz CT molecular complexity index is 747. The zero-order chi connectivity index (χ0) is 18.4. The Labute approximate surface area is 152 Å². The number of nitrogen functional groups attached to an aromatic ring is 1. The highest BCUT2D eigenvalue weighted by Crippen LogP contribution is 2.11. The smallest absolute Gasteiger partial charge is 0.248 e. The van der Waals surface area contributed by atoms with Crippen LogP contribution in [0, 0.1) is 0 Å². The highest BCUT2D eigenvalue weighted by molar-refractivity contribution is 5.90. The maximum absolute atomic E-state index is 12.4. The number of carbonyl (C=O) groups is 2. The number of carbonyl (C=O) groups excluding carboxylic acids is 2. The number of nitrogens with two attached hydrogens (primary N) is 1. The van der Waals surface area contributed by atoms with Crippen LogP contribution in [0.25, 0.3) is 0 Å². The minimum Gasteiger partial charge on any atom is -0.399 e. The van der Waals surface area contributed by atoms with Crippen molar-refractivity contribution in [2.75, 3.05) is 24.1 Å². The van der Waals surface area contributed by atoms with E-state index in [0.29, 0.717) is 5.69 Å². The number of amides is 2. The summed E-state index contributed by atoms with van der Waals surface area (Å²) in [6, 6.07) is 7.12. The van der Waals surface area contributed by atoms with Crippen molar-refractivity contribution in [3.05, 3.63) is 36.2 Å². The van der Waals surface area contributed by atoms with Crippen LogP contribution in [-0.2, 0) is 22.6 Å². The summed E-state index contributed by atoms with van der Waals surface area (Å²) in [6.45, 7) is 1.75. The molecular formula is C18H24N6O2. The summed E-state index contributed by atoms with van der Waals surface area (Å²) in [5.41, 5.74) is 7.14. The molecule has 0 aliphatic carbocycles. The standard InChI is InChI=1S/C18H24N6O2/c19-15-7-5-14(6-8-15)11-16(25)21-18-20-13-24(22-18)12-17(26)23-9-3-1-2-4-10-23/h5-8,13H,1-4,9-12,19H2,(H,21,22,25). The van der Waals surface area contributed by atoms with E-state index in [2.05, 4.69) is 15.4 Å². The third-order valence-corrected chi connectivity index (χ3v) is 4.39. The molecule has 1 aliphatic rings. The van der Waals surface area contributed by atoms with E-state index in [1.54, 1.807) is 24.3 Å². The topological polar surface area (TPSA) is 106 Å². The Balaban J connectivity index is 1.51. The Hall–Kier alpha value is -2.90. The number of anilines is 2. The van der Waals surface area contributed by atoms with Crippen molar-refractivity contribution in [3.63, 3.8) is 0 Å². The SMILES string of the molecule is Nc1ccc(CC(=O)Nc2ncn(CC(=O)N3CCCCCC3)n2)cc1. The molecule has 2 aromatic rings. The summed E-state index contributed by atoms with van der Waals surface area (Å²) in [5.74, 6) is 0.0250. The van der Waals surface area contributed by atoms with Crippen molar-refractivity contribution in [3.8, 4) is 0 Å². The largest absolute Gasteiger partial charge is 0.399 e. The Morgan fingerprint density at radius 2 is 1.77 bits per heavy atom. The van der Waals surface area contributed by atoms with E-state index >= 15 is 0 Å². The predicted molar refractivity (Wildman–Crippen MR) is 98.3 cm³/mol. The molecule has 3 N–H and O–H groups in total. The van der Waals surface area contributed by atoms with E-state index in [-0.39, 0.29) is 30.7 Å². The van der Waals surface area contributed by atoms with E-state index in [0.717, 1.165) is 31.5 Å². The van der Waals surface area contributed by atoms with Gasteiger partial charge in [0.1, 0.15) is 12.9 Å². The van der Waals surface area contributed by atoms with E-state index in [1.165, 1.54) is 23.9 Å². The van der Waals surface area contributed by atoms with E-state index in [1.807, 2.05) is 4.90 Å². The van der Waals surface area contributed by atoms with Gasteiger partial charge < -0.3 is 10.6 Å². The lowest BCUT2D eigenvalue weighted by Crippen LogP contribution is -2.34. The molecule has 26 heavy (non-hydrogen) atoms. The first-order chi connectivity index (χ1) is 12.6. The van der Waals surface area contributed by atoms with Crippen molar-refractivity contribution < 1.29 is 9.59 Å². The summed E-state index contributed by atoms with van der Waals surface area (Å²) in [6.07, 6.45) is 6.13. The predicted octanol–water partition coefficient (Wildman–Crippen LogP) is 1.44. The van der Waals surface area contributed by atoms with E-state index < -0.39 is 0 Å². The number of benzene rings is 1. The lowest BCUT2D eigenvalue weighted by atomic mass is 10.1. The highest BCUT2D eigenvalue weighted by atomic mass is 16.2. The average molecular weight is 356 g/mol. The summed E-state index contributed by atoms with van der Waals surface area (Å²) < 4.78 is 1.46. The van der Waals surface area contributed by atoms with Crippen molar-refractivity contribution in [2.45, 2.75) is 38.6 Å². The molecule has 1 aromatic carbocycles. The fourth-order valence-electron chi connectivity index (χ4n) is 2.98. The van der Waals surface area contributed by atoms with Gasteiger partial charge in [0, 0.05) is 18.8 Å². The van der Waals surface area contributed by atoms with Crippen molar-refractivity contribution in [2.24, 2.45) is 0 Å². The number of nitrogens with zero attached hydrogens (tertiary/aromatic N) is 4. The Morgan fingerprint density at radius 1 is 1.08 bits per heavy atom. The summed E-state index contributed by atoms with van der Waals surface area (Å²) in [4.78, 5) is 30.4. The molecule has 2 amide bonds. The van der Waals surface area contributed by atoms with Gasteiger partial charge in [0.05, 0.1) is 6.42 Å². The molecule has 2 heterocycles. The van der Waals surface area contributed by atoms with Gasteiger partial charge in [-0.05, 0) is 30.5 Å². The first-order valence-corrected chi connectivity index (χ1v) is 8.91. The molecule has 1 aliphatic heterocycles. The zero-order valence-electron chi connectivity index (χ0n) is 14.7. The number of likely N-dealkylation sites (tertiary alicyclic amines) is 1. The lowest BCUT2D eigenvalue weighted by Gasteiger charge is -2.19. The molecule has 138 valence electrons. The Morgan fingerprint density at radius 3 is 2.46 bits per heavy atom. The summed E-state index contributed by atoms with van der Waals surface area (Å²) >= 11 is 0. The molecular weight excluding hydrogens is 332 g/mol. The summed E-state index contributed by atoms with van der Waals surface area (Å²) in [5, 5.41) is 6.82. The van der Waals surface area contributed by atoms with Gasteiger partial charge in [-0.2, -0.15) is 0 Å². The number of rotatable bonds is 5. The van der Waals surface area contributed by atoms with Crippen LogP contribution in [0.4, 0.5) is 11.6 Å². The molecule has 8 heteroatoms. The van der Waals surface area contributed by atoms with Crippen LogP contribution in [-0.4, -0.2) is 44.6 Å². The van der Waals surface area contributed by atoms with Crippen LogP contribution in [0.3, 0.4) is 0 Å². The van der Waals surface area contributed by atoms with Gasteiger partial charge in [-0.1, -0.05) is 25.0 Å². The Kier molecular flexibility index (Phi) is 5.83. The van der Waals surface area contributed by atoms with Gasteiger partial charge in [-0.3, -0.25) is 14.9 Å². The van der Waals surface area contributed by atoms with Crippen LogP contribution in [0.15, 0.2) is 30.6 Å². The molecule has 8 nitrogen and oxygen atoms in total. The second kappa shape index (κ2) is 8.46. The van der Waals surface area contributed by atoms with E-state index in [4.69, 9.17) is 5.73 Å². The number of hydrogen-bond acceptors (Lipinski definition) is 5. The molecule has 0 unspecified atom stereocenters. The van der Waals surface area contributed by atoms with Crippen LogP contribution in [0.2, 0.25) is 0 Å². The van der Waals surface area contributed by atoms with Crippen LogP contribution < -0.4 is 11.1 Å². The normalized spacial score (nSPS) is 14.7. The zero-order valence-corrected chi connectivity index (χ0v) is 14.7. The minimum atomic E-state index is -0.216. The first-order valence-electron chi connectivity index (χ1n) is 8.91. The second-order valence-corrected chi connectivity index (χ2v) is 6.53. The van der Waals surface area contributed by atoms with Crippen molar-refractivity contribution in [1.29, 1.82) is 0 Å². The van der Waals surface area contributed by atoms with Gasteiger partial charge in [-0.25, -0.2) is 9.67 Å². The molecule has 1 saturated heterocycles. The second-order valence-electron chi connectivity index (χ2n) is 6.53. The molecule has 0 bridgehead atoms. The van der Waals surface area contributed by atoms with Crippen LogP contribution >= 0.6 is 0 Å². The third kappa shape index (κ3) is 5.05. The van der Waals surface area contributed by atoms with Gasteiger partial charge in [0.25, 0.3) is 0 Å². The fraction of sp³-hybridized carbons (Fsp3) is 0.444. The minimum absolute atomic E-state index is 0.0385. The van der Waals surface area contributed by atoms with Crippen molar-refractivity contribution in [1.82, 2.24) is 19.7 Å². The molecule has 0 radical (unpaired) electrons. The number of aromatic nitrogens is 3. The van der Waals surface area contributed by atoms with Crippen LogP contribution in [0.5, 0.6) is 0 Å². The van der Waals surface area contributed by atoms with Gasteiger partial charge in [-0.15, -0.1) is 5.10 Å². The van der Waals surface area contributed by atoms with Crippen LogP contribution in [0.1, 0.15) is 31.2 Å². The van der Waals surface area contributed by atoms with Crippen molar-refractivity contribution >= 4 is 23.5 Å². The van der Waals surface area contributed by atoms with E-state index in [9.17, 15) is 9.59 Å². The maximum atomic E-state index is 12.4. The molecule has 3 rings (SSSR count). The maximum Gasteiger partial charge on any atom is 0.248 e. The van der Waals surface area contributed by atoms with Gasteiger partial charge >= 0.3 is 0 Å². The number of nitrogens with one attached hydrogen (secondary N) is 1.